The molecule has 1 aromatic rings. The molecule has 0 aromatic heterocycles. The predicted molar refractivity (Wildman–Crippen MR) is 75.0 cm³/mol. The first-order valence-electron chi connectivity index (χ1n) is 5.91. The van der Waals surface area contributed by atoms with Gasteiger partial charge in [0.2, 0.25) is 0 Å². The first-order chi connectivity index (χ1) is 8.56. The topological polar surface area (TPSA) is 38.3 Å². The summed E-state index contributed by atoms with van der Waals surface area (Å²) in [5.41, 5.74) is 0.570. The first kappa shape index (κ1) is 13.8. The number of amides is 1. The fourth-order valence-electron chi connectivity index (χ4n) is 2.04. The Morgan fingerprint density at radius 3 is 2.94 bits per heavy atom. The van der Waals surface area contributed by atoms with E-state index in [0.717, 1.165) is 24.1 Å². The molecule has 2 unspecified atom stereocenters. The SMILES string of the molecule is CC(NC(=O)c1cc(Cl)cc(Br)c1)C1CCOC1. The van der Waals surface area contributed by atoms with Gasteiger partial charge in [0, 0.05) is 33.6 Å². The van der Waals surface area contributed by atoms with E-state index in [1.54, 1.807) is 18.2 Å². The van der Waals surface area contributed by atoms with Crippen molar-refractivity contribution in [2.45, 2.75) is 19.4 Å². The van der Waals surface area contributed by atoms with E-state index >= 15 is 0 Å². The van der Waals surface area contributed by atoms with Crippen LogP contribution in [0.15, 0.2) is 22.7 Å². The lowest BCUT2D eigenvalue weighted by Crippen LogP contribution is -2.38. The molecule has 1 saturated heterocycles. The fraction of sp³-hybridized carbons (Fsp3) is 0.462. The molecule has 0 spiro atoms. The summed E-state index contributed by atoms with van der Waals surface area (Å²) in [6.45, 7) is 3.52. The molecular formula is C13H15BrClNO2. The molecule has 0 aliphatic carbocycles. The smallest absolute Gasteiger partial charge is 0.251 e. The summed E-state index contributed by atoms with van der Waals surface area (Å²) < 4.78 is 6.13. The second-order valence-corrected chi connectivity index (χ2v) is 5.90. The molecule has 98 valence electrons. The van der Waals surface area contributed by atoms with E-state index in [1.165, 1.54) is 0 Å². The summed E-state index contributed by atoms with van der Waals surface area (Å²) in [6, 6.07) is 5.29. The second kappa shape index (κ2) is 6.04. The third-order valence-corrected chi connectivity index (χ3v) is 3.83. The van der Waals surface area contributed by atoms with Gasteiger partial charge < -0.3 is 10.1 Å². The van der Waals surface area contributed by atoms with Gasteiger partial charge in [-0.1, -0.05) is 27.5 Å². The Labute approximate surface area is 120 Å². The lowest BCUT2D eigenvalue weighted by Gasteiger charge is -2.19. The number of nitrogens with one attached hydrogen (secondary N) is 1. The summed E-state index contributed by atoms with van der Waals surface area (Å²) in [6.07, 6.45) is 1.00. The standard InChI is InChI=1S/C13H15BrClNO2/c1-8(9-2-3-18-7-9)16-13(17)10-4-11(14)6-12(15)5-10/h4-6,8-9H,2-3,7H2,1H3,(H,16,17). The number of benzene rings is 1. The average molecular weight is 333 g/mol. The van der Waals surface area contributed by atoms with Gasteiger partial charge in [-0.2, -0.15) is 0 Å². The van der Waals surface area contributed by atoms with Crippen LogP contribution in [0.3, 0.4) is 0 Å². The van der Waals surface area contributed by atoms with Gasteiger partial charge in [-0.3, -0.25) is 4.79 Å². The number of hydrogen-bond donors (Lipinski definition) is 1. The summed E-state index contributed by atoms with van der Waals surface area (Å²) in [5, 5.41) is 3.54. The molecular weight excluding hydrogens is 318 g/mol. The number of ether oxygens (including phenoxy) is 1. The Balaban J connectivity index is 2.02. The van der Waals surface area contributed by atoms with Crippen molar-refractivity contribution in [1.82, 2.24) is 5.32 Å². The molecule has 0 bridgehead atoms. The van der Waals surface area contributed by atoms with E-state index in [9.17, 15) is 4.79 Å². The number of halogens is 2. The minimum Gasteiger partial charge on any atom is -0.381 e. The maximum atomic E-state index is 12.1. The molecule has 1 N–H and O–H groups in total. The summed E-state index contributed by atoms with van der Waals surface area (Å²) >= 11 is 9.26. The Kier molecular flexibility index (Phi) is 4.65. The van der Waals surface area contributed by atoms with E-state index < -0.39 is 0 Å². The predicted octanol–water partition coefficient (Wildman–Crippen LogP) is 3.26. The minimum absolute atomic E-state index is 0.0994. The zero-order valence-electron chi connectivity index (χ0n) is 10.1. The van der Waals surface area contributed by atoms with Crippen LogP contribution in [0.4, 0.5) is 0 Å². The van der Waals surface area contributed by atoms with Crippen LogP contribution in [-0.4, -0.2) is 25.2 Å². The van der Waals surface area contributed by atoms with E-state index in [2.05, 4.69) is 21.2 Å². The zero-order valence-corrected chi connectivity index (χ0v) is 12.4. The van der Waals surface area contributed by atoms with Gasteiger partial charge in [0.05, 0.1) is 6.61 Å². The van der Waals surface area contributed by atoms with Gasteiger partial charge in [-0.25, -0.2) is 0 Å². The number of carbonyl (C=O) groups is 1. The number of rotatable bonds is 3. The number of carbonyl (C=O) groups excluding carboxylic acids is 1. The van der Waals surface area contributed by atoms with Crippen molar-refractivity contribution in [2.24, 2.45) is 5.92 Å². The van der Waals surface area contributed by atoms with E-state index in [4.69, 9.17) is 16.3 Å². The van der Waals surface area contributed by atoms with E-state index in [0.29, 0.717) is 16.5 Å². The van der Waals surface area contributed by atoms with Gasteiger partial charge >= 0.3 is 0 Å². The van der Waals surface area contributed by atoms with Crippen molar-refractivity contribution in [1.29, 1.82) is 0 Å². The quantitative estimate of drug-likeness (QED) is 0.922. The summed E-state index contributed by atoms with van der Waals surface area (Å²) in [5.74, 6) is 0.300. The third kappa shape index (κ3) is 3.46. The summed E-state index contributed by atoms with van der Waals surface area (Å²) in [4.78, 5) is 12.1. The molecule has 0 radical (unpaired) electrons. The van der Waals surface area contributed by atoms with Crippen molar-refractivity contribution in [2.75, 3.05) is 13.2 Å². The molecule has 2 rings (SSSR count). The lowest BCUT2D eigenvalue weighted by atomic mass is 10.0. The number of hydrogen-bond acceptors (Lipinski definition) is 2. The van der Waals surface area contributed by atoms with Crippen LogP contribution >= 0.6 is 27.5 Å². The van der Waals surface area contributed by atoms with Crippen LogP contribution < -0.4 is 5.32 Å². The third-order valence-electron chi connectivity index (χ3n) is 3.16. The molecule has 1 aromatic carbocycles. The molecule has 1 aliphatic heterocycles. The monoisotopic (exact) mass is 331 g/mol. The van der Waals surface area contributed by atoms with E-state index in [1.807, 2.05) is 6.92 Å². The van der Waals surface area contributed by atoms with Crippen LogP contribution in [0.2, 0.25) is 5.02 Å². The Morgan fingerprint density at radius 2 is 2.33 bits per heavy atom. The van der Waals surface area contributed by atoms with Crippen LogP contribution in [-0.2, 0) is 4.74 Å². The molecule has 18 heavy (non-hydrogen) atoms. The molecule has 2 atom stereocenters. The molecule has 1 amide bonds. The minimum atomic E-state index is -0.0994. The van der Waals surface area contributed by atoms with Crippen molar-refractivity contribution in [3.05, 3.63) is 33.3 Å². The molecule has 1 fully saturated rings. The maximum absolute atomic E-state index is 12.1. The molecule has 1 aliphatic rings. The van der Waals surface area contributed by atoms with Crippen molar-refractivity contribution >= 4 is 33.4 Å². The maximum Gasteiger partial charge on any atom is 0.251 e. The van der Waals surface area contributed by atoms with Gasteiger partial charge in [0.25, 0.3) is 5.91 Å². The molecule has 0 saturated carbocycles. The van der Waals surface area contributed by atoms with Crippen molar-refractivity contribution in [3.63, 3.8) is 0 Å². The van der Waals surface area contributed by atoms with Gasteiger partial charge in [0.15, 0.2) is 0 Å². The van der Waals surface area contributed by atoms with Gasteiger partial charge in [-0.15, -0.1) is 0 Å². The normalized spacial score (nSPS) is 20.7. The van der Waals surface area contributed by atoms with Crippen LogP contribution in [0.25, 0.3) is 0 Å². The lowest BCUT2D eigenvalue weighted by molar-refractivity contribution is 0.0922. The highest BCUT2D eigenvalue weighted by molar-refractivity contribution is 9.10. The highest BCUT2D eigenvalue weighted by Crippen LogP contribution is 2.21. The largest absolute Gasteiger partial charge is 0.381 e. The van der Waals surface area contributed by atoms with Gasteiger partial charge in [-0.05, 0) is 31.5 Å². The molecule has 1 heterocycles. The van der Waals surface area contributed by atoms with Crippen LogP contribution in [0.1, 0.15) is 23.7 Å². The second-order valence-electron chi connectivity index (χ2n) is 4.54. The highest BCUT2D eigenvalue weighted by Gasteiger charge is 2.23. The highest BCUT2D eigenvalue weighted by atomic mass is 79.9. The van der Waals surface area contributed by atoms with Crippen molar-refractivity contribution in [3.8, 4) is 0 Å². The first-order valence-corrected chi connectivity index (χ1v) is 7.08. The van der Waals surface area contributed by atoms with Crippen LogP contribution in [0.5, 0.6) is 0 Å². The van der Waals surface area contributed by atoms with Crippen LogP contribution in [0, 0.1) is 5.92 Å². The molecule has 3 nitrogen and oxygen atoms in total. The van der Waals surface area contributed by atoms with Gasteiger partial charge in [0.1, 0.15) is 0 Å². The zero-order chi connectivity index (χ0) is 13.1. The summed E-state index contributed by atoms with van der Waals surface area (Å²) in [7, 11) is 0. The fourth-order valence-corrected chi connectivity index (χ4v) is 2.90. The average Bonchev–Trinajstić information content (AvgIpc) is 2.80. The van der Waals surface area contributed by atoms with Crippen molar-refractivity contribution < 1.29 is 9.53 Å². The Hall–Kier alpha value is -0.580. The Bertz CT molecular complexity index is 426. The Morgan fingerprint density at radius 1 is 1.56 bits per heavy atom. The molecule has 5 heteroatoms. The van der Waals surface area contributed by atoms with E-state index in [-0.39, 0.29) is 11.9 Å².